The number of nitrogens with zero attached hydrogens (tertiary/aromatic N) is 3. The topological polar surface area (TPSA) is 39.9 Å². The Morgan fingerprint density at radius 3 is 3.22 bits per heavy atom. The van der Waals surface area contributed by atoms with Gasteiger partial charge < -0.3 is 9.30 Å². The number of halogens is 1. The van der Waals surface area contributed by atoms with E-state index in [4.69, 9.17) is 16.3 Å². The number of imidazole rings is 1. The number of alkyl halides is 1. The number of hydrogen-bond acceptors (Lipinski definition) is 3. The van der Waals surface area contributed by atoms with Crippen LogP contribution in [0, 0.1) is 5.92 Å². The minimum atomic E-state index is 0.440. The summed E-state index contributed by atoms with van der Waals surface area (Å²) in [4.78, 5) is 8.61. The van der Waals surface area contributed by atoms with Gasteiger partial charge in [-0.15, -0.1) is 11.6 Å². The van der Waals surface area contributed by atoms with Crippen LogP contribution in [0.15, 0.2) is 18.5 Å². The summed E-state index contributed by atoms with van der Waals surface area (Å²) in [6.45, 7) is 2.75. The maximum Gasteiger partial charge on any atom is 0.124 e. The van der Waals surface area contributed by atoms with Gasteiger partial charge in [-0.1, -0.05) is 0 Å². The second-order valence-electron chi connectivity index (χ2n) is 4.70. The number of ether oxygens (including phenoxy) is 1. The van der Waals surface area contributed by atoms with Crippen LogP contribution in [0.1, 0.15) is 18.7 Å². The van der Waals surface area contributed by atoms with E-state index in [1.54, 1.807) is 12.4 Å². The smallest absolute Gasteiger partial charge is 0.124 e. The molecule has 0 saturated carbocycles. The molecule has 1 aliphatic heterocycles. The van der Waals surface area contributed by atoms with Crippen molar-refractivity contribution >= 4 is 22.6 Å². The van der Waals surface area contributed by atoms with Crippen LogP contribution in [0.5, 0.6) is 0 Å². The molecule has 1 unspecified atom stereocenters. The first-order chi connectivity index (χ1) is 8.88. The standard InChI is InChI=1S/C13H16ClN3O/c14-7-13-16-11-8-15-4-1-12(11)17(13)5-2-10-3-6-18-9-10/h1,4,8,10H,2-3,5-7,9H2. The first-order valence-electron chi connectivity index (χ1n) is 6.31. The third-order valence-corrected chi connectivity index (χ3v) is 3.77. The minimum absolute atomic E-state index is 0.440. The van der Waals surface area contributed by atoms with Crippen molar-refractivity contribution in [3.05, 3.63) is 24.3 Å². The van der Waals surface area contributed by atoms with E-state index in [1.165, 1.54) is 6.42 Å². The molecular formula is C13H16ClN3O. The summed E-state index contributed by atoms with van der Waals surface area (Å²) in [6, 6.07) is 2.00. The average molecular weight is 266 g/mol. The van der Waals surface area contributed by atoms with Gasteiger partial charge >= 0.3 is 0 Å². The van der Waals surface area contributed by atoms with Crippen molar-refractivity contribution in [3.63, 3.8) is 0 Å². The Bertz CT molecular complexity index is 534. The zero-order chi connectivity index (χ0) is 12.4. The highest BCUT2D eigenvalue weighted by Gasteiger charge is 2.17. The van der Waals surface area contributed by atoms with Crippen molar-refractivity contribution in [2.24, 2.45) is 5.92 Å². The van der Waals surface area contributed by atoms with E-state index in [1.807, 2.05) is 6.07 Å². The predicted octanol–water partition coefficient (Wildman–Crippen LogP) is 2.60. The molecule has 5 heteroatoms. The zero-order valence-electron chi connectivity index (χ0n) is 10.2. The zero-order valence-corrected chi connectivity index (χ0v) is 10.9. The van der Waals surface area contributed by atoms with Crippen LogP contribution in [0.4, 0.5) is 0 Å². The Labute approximate surface area is 111 Å². The molecule has 2 aromatic heterocycles. The highest BCUT2D eigenvalue weighted by atomic mass is 35.5. The maximum absolute atomic E-state index is 5.97. The molecule has 0 aliphatic carbocycles. The molecule has 4 nitrogen and oxygen atoms in total. The van der Waals surface area contributed by atoms with Crippen molar-refractivity contribution in [2.45, 2.75) is 25.3 Å². The largest absolute Gasteiger partial charge is 0.381 e. The van der Waals surface area contributed by atoms with Crippen LogP contribution >= 0.6 is 11.6 Å². The van der Waals surface area contributed by atoms with E-state index < -0.39 is 0 Å². The molecule has 96 valence electrons. The van der Waals surface area contributed by atoms with E-state index in [2.05, 4.69) is 14.5 Å². The molecule has 0 N–H and O–H groups in total. The van der Waals surface area contributed by atoms with Crippen molar-refractivity contribution < 1.29 is 4.74 Å². The number of rotatable bonds is 4. The van der Waals surface area contributed by atoms with Gasteiger partial charge in [-0.25, -0.2) is 4.98 Å². The normalized spacial score (nSPS) is 19.7. The van der Waals surface area contributed by atoms with Gasteiger partial charge in [0, 0.05) is 26.0 Å². The Kier molecular flexibility index (Phi) is 3.48. The Balaban J connectivity index is 1.84. The van der Waals surface area contributed by atoms with Crippen LogP contribution in [0.2, 0.25) is 0 Å². The van der Waals surface area contributed by atoms with Gasteiger partial charge in [0.2, 0.25) is 0 Å². The molecule has 0 spiro atoms. The Hall–Kier alpha value is -1.13. The van der Waals surface area contributed by atoms with E-state index in [0.29, 0.717) is 11.8 Å². The molecule has 1 fully saturated rings. The van der Waals surface area contributed by atoms with Gasteiger partial charge in [-0.3, -0.25) is 4.98 Å². The fourth-order valence-electron chi connectivity index (χ4n) is 2.51. The van der Waals surface area contributed by atoms with Crippen LogP contribution in [-0.2, 0) is 17.2 Å². The van der Waals surface area contributed by atoms with E-state index >= 15 is 0 Å². The number of pyridine rings is 1. The number of aromatic nitrogens is 3. The first-order valence-corrected chi connectivity index (χ1v) is 6.85. The van der Waals surface area contributed by atoms with E-state index in [9.17, 15) is 0 Å². The fraction of sp³-hybridized carbons (Fsp3) is 0.538. The Morgan fingerprint density at radius 2 is 2.44 bits per heavy atom. The summed E-state index contributed by atoms with van der Waals surface area (Å²) < 4.78 is 7.62. The summed E-state index contributed by atoms with van der Waals surface area (Å²) in [6.07, 6.45) is 5.89. The Morgan fingerprint density at radius 1 is 1.50 bits per heavy atom. The maximum atomic E-state index is 5.97. The molecule has 3 rings (SSSR count). The predicted molar refractivity (Wildman–Crippen MR) is 70.6 cm³/mol. The second-order valence-corrected chi connectivity index (χ2v) is 4.96. The first kappa shape index (κ1) is 11.9. The second kappa shape index (κ2) is 5.24. The number of aryl methyl sites for hydroxylation is 1. The molecule has 1 atom stereocenters. The summed E-state index contributed by atoms with van der Waals surface area (Å²) >= 11 is 5.97. The molecule has 1 saturated heterocycles. The third kappa shape index (κ3) is 2.22. The lowest BCUT2D eigenvalue weighted by atomic mass is 10.1. The number of hydrogen-bond donors (Lipinski definition) is 0. The summed E-state index contributed by atoms with van der Waals surface area (Å²) in [7, 11) is 0. The van der Waals surface area contributed by atoms with Gasteiger partial charge in [0.25, 0.3) is 0 Å². The monoisotopic (exact) mass is 265 g/mol. The molecule has 2 aromatic rings. The molecule has 18 heavy (non-hydrogen) atoms. The van der Waals surface area contributed by atoms with Crippen molar-refractivity contribution in [2.75, 3.05) is 13.2 Å². The highest BCUT2D eigenvalue weighted by Crippen LogP contribution is 2.21. The molecule has 0 aromatic carbocycles. The van der Waals surface area contributed by atoms with Crippen LogP contribution in [-0.4, -0.2) is 27.7 Å². The minimum Gasteiger partial charge on any atom is -0.381 e. The summed E-state index contributed by atoms with van der Waals surface area (Å²) in [5, 5.41) is 0. The van der Waals surface area contributed by atoms with E-state index in [0.717, 1.165) is 43.0 Å². The van der Waals surface area contributed by atoms with Crippen LogP contribution < -0.4 is 0 Å². The lowest BCUT2D eigenvalue weighted by molar-refractivity contribution is 0.183. The van der Waals surface area contributed by atoms with Gasteiger partial charge in [-0.2, -0.15) is 0 Å². The van der Waals surface area contributed by atoms with E-state index in [-0.39, 0.29) is 0 Å². The van der Waals surface area contributed by atoms with Crippen LogP contribution in [0.25, 0.3) is 11.0 Å². The van der Waals surface area contributed by atoms with Gasteiger partial charge in [-0.05, 0) is 24.8 Å². The molecule has 3 heterocycles. The van der Waals surface area contributed by atoms with Gasteiger partial charge in [0.15, 0.2) is 0 Å². The van der Waals surface area contributed by atoms with Gasteiger partial charge in [0.1, 0.15) is 11.3 Å². The molecule has 0 bridgehead atoms. The SMILES string of the molecule is ClCc1nc2cnccc2n1CCC1CCOC1. The molecule has 0 radical (unpaired) electrons. The quantitative estimate of drug-likeness (QED) is 0.798. The summed E-state index contributed by atoms with van der Waals surface area (Å²) in [5.74, 6) is 2.04. The lowest BCUT2D eigenvalue weighted by Gasteiger charge is -2.10. The third-order valence-electron chi connectivity index (χ3n) is 3.53. The lowest BCUT2D eigenvalue weighted by Crippen LogP contribution is -2.08. The summed E-state index contributed by atoms with van der Waals surface area (Å²) in [5.41, 5.74) is 2.05. The number of fused-ring (bicyclic) bond motifs is 1. The van der Waals surface area contributed by atoms with Crippen molar-refractivity contribution in [1.29, 1.82) is 0 Å². The van der Waals surface area contributed by atoms with Crippen molar-refractivity contribution in [1.82, 2.24) is 14.5 Å². The fourth-order valence-corrected chi connectivity index (χ4v) is 2.71. The molecule has 1 aliphatic rings. The van der Waals surface area contributed by atoms with Gasteiger partial charge in [0.05, 0.1) is 17.6 Å². The van der Waals surface area contributed by atoms with Crippen molar-refractivity contribution in [3.8, 4) is 0 Å². The van der Waals surface area contributed by atoms with Crippen LogP contribution in [0.3, 0.4) is 0 Å². The highest BCUT2D eigenvalue weighted by molar-refractivity contribution is 6.16. The molecular weight excluding hydrogens is 250 g/mol. The molecule has 0 amide bonds. The average Bonchev–Trinajstić information content (AvgIpc) is 3.03.